The number of piperidine rings is 1. The summed E-state index contributed by atoms with van der Waals surface area (Å²) in [7, 11) is 2.18. The second-order valence-electron chi connectivity index (χ2n) is 6.73. The number of nitrogens with zero attached hydrogens (tertiary/aromatic N) is 3. The fourth-order valence-electron chi connectivity index (χ4n) is 3.70. The number of amides is 1. The topological polar surface area (TPSA) is 47.0 Å². The van der Waals surface area contributed by atoms with Gasteiger partial charge in [-0.1, -0.05) is 30.3 Å². The van der Waals surface area contributed by atoms with E-state index in [-0.39, 0.29) is 5.91 Å². The van der Waals surface area contributed by atoms with Crippen LogP contribution in [0.25, 0.3) is 0 Å². The minimum atomic E-state index is -1.04. The maximum atomic E-state index is 12.5. The Kier molecular flexibility index (Phi) is 5.30. The molecule has 1 aromatic carbocycles. The first-order valence-corrected chi connectivity index (χ1v) is 8.59. The SMILES string of the molecule is CN1CCCC(N2CCN(C(=O)C(O)c3ccccc3)CC2)C1. The predicted octanol–water partition coefficient (Wildman–Crippen LogP) is 0.958. The van der Waals surface area contributed by atoms with Crippen molar-refractivity contribution in [2.24, 2.45) is 0 Å². The van der Waals surface area contributed by atoms with Crippen molar-refractivity contribution in [2.45, 2.75) is 25.0 Å². The number of aliphatic hydroxyl groups excluding tert-OH is 1. The molecule has 3 rings (SSSR count). The van der Waals surface area contributed by atoms with Gasteiger partial charge in [0.1, 0.15) is 0 Å². The van der Waals surface area contributed by atoms with Gasteiger partial charge < -0.3 is 14.9 Å². The molecule has 2 aliphatic rings. The summed E-state index contributed by atoms with van der Waals surface area (Å²) in [4.78, 5) is 19.2. The molecule has 0 saturated carbocycles. The Morgan fingerprint density at radius 1 is 1.13 bits per heavy atom. The fraction of sp³-hybridized carbons (Fsp3) is 0.611. The largest absolute Gasteiger partial charge is 0.378 e. The molecular formula is C18H27N3O2. The van der Waals surface area contributed by atoms with Gasteiger partial charge in [-0.2, -0.15) is 0 Å². The van der Waals surface area contributed by atoms with Crippen molar-refractivity contribution in [3.05, 3.63) is 35.9 Å². The summed E-state index contributed by atoms with van der Waals surface area (Å²) in [6.45, 7) is 5.56. The average Bonchev–Trinajstić information content (AvgIpc) is 2.61. The Morgan fingerprint density at radius 2 is 1.83 bits per heavy atom. The van der Waals surface area contributed by atoms with Crippen LogP contribution in [0.4, 0.5) is 0 Å². The van der Waals surface area contributed by atoms with E-state index in [4.69, 9.17) is 0 Å². The van der Waals surface area contributed by atoms with E-state index in [9.17, 15) is 9.90 Å². The normalized spacial score (nSPS) is 25.3. The molecule has 0 aliphatic carbocycles. The number of carbonyl (C=O) groups excluding carboxylic acids is 1. The third-order valence-corrected chi connectivity index (χ3v) is 5.09. The van der Waals surface area contributed by atoms with Gasteiger partial charge in [0, 0.05) is 38.8 Å². The number of rotatable bonds is 3. The van der Waals surface area contributed by atoms with Crippen LogP contribution >= 0.6 is 0 Å². The summed E-state index contributed by atoms with van der Waals surface area (Å²) in [5, 5.41) is 10.3. The number of likely N-dealkylation sites (tertiary alicyclic amines) is 1. The minimum absolute atomic E-state index is 0.170. The van der Waals surface area contributed by atoms with Gasteiger partial charge in [-0.3, -0.25) is 9.69 Å². The van der Waals surface area contributed by atoms with Gasteiger partial charge in [0.2, 0.25) is 0 Å². The van der Waals surface area contributed by atoms with Crippen LogP contribution in [-0.2, 0) is 4.79 Å². The van der Waals surface area contributed by atoms with E-state index in [1.807, 2.05) is 18.2 Å². The van der Waals surface area contributed by atoms with E-state index < -0.39 is 6.10 Å². The first-order valence-electron chi connectivity index (χ1n) is 8.59. The van der Waals surface area contributed by atoms with Gasteiger partial charge in [0.05, 0.1) is 0 Å². The Bertz CT molecular complexity index is 514. The van der Waals surface area contributed by atoms with Gasteiger partial charge in [-0.25, -0.2) is 0 Å². The number of benzene rings is 1. The van der Waals surface area contributed by atoms with E-state index in [1.54, 1.807) is 17.0 Å². The summed E-state index contributed by atoms with van der Waals surface area (Å²) in [6.07, 6.45) is 1.47. The molecule has 2 unspecified atom stereocenters. The molecule has 1 N–H and O–H groups in total. The van der Waals surface area contributed by atoms with Gasteiger partial charge in [-0.15, -0.1) is 0 Å². The Labute approximate surface area is 138 Å². The van der Waals surface area contributed by atoms with Crippen LogP contribution in [-0.4, -0.2) is 78.1 Å². The molecular weight excluding hydrogens is 290 g/mol. The molecule has 0 bridgehead atoms. The Hall–Kier alpha value is -1.43. The molecule has 2 atom stereocenters. The smallest absolute Gasteiger partial charge is 0.256 e. The lowest BCUT2D eigenvalue weighted by molar-refractivity contribution is -0.142. The van der Waals surface area contributed by atoms with Crippen molar-refractivity contribution in [1.29, 1.82) is 0 Å². The van der Waals surface area contributed by atoms with Crippen molar-refractivity contribution in [3.8, 4) is 0 Å². The second kappa shape index (κ2) is 7.43. The van der Waals surface area contributed by atoms with Crippen molar-refractivity contribution >= 4 is 5.91 Å². The molecule has 0 spiro atoms. The molecule has 126 valence electrons. The lowest BCUT2D eigenvalue weighted by Gasteiger charge is -2.43. The van der Waals surface area contributed by atoms with Crippen molar-refractivity contribution in [2.75, 3.05) is 46.3 Å². The molecule has 5 heteroatoms. The van der Waals surface area contributed by atoms with Crippen molar-refractivity contribution in [3.63, 3.8) is 0 Å². The first-order chi connectivity index (χ1) is 11.1. The Morgan fingerprint density at radius 3 is 2.48 bits per heavy atom. The van der Waals surface area contributed by atoms with Crippen molar-refractivity contribution in [1.82, 2.24) is 14.7 Å². The predicted molar refractivity (Wildman–Crippen MR) is 90.1 cm³/mol. The molecule has 2 saturated heterocycles. The van der Waals surface area contributed by atoms with Gasteiger partial charge in [0.15, 0.2) is 6.10 Å². The van der Waals surface area contributed by atoms with Gasteiger partial charge in [-0.05, 0) is 32.0 Å². The van der Waals surface area contributed by atoms with E-state index >= 15 is 0 Å². The molecule has 0 radical (unpaired) electrons. The van der Waals surface area contributed by atoms with Crippen LogP contribution in [0.2, 0.25) is 0 Å². The summed E-state index contributed by atoms with van der Waals surface area (Å²) >= 11 is 0. The molecule has 2 heterocycles. The van der Waals surface area contributed by atoms with Crippen LogP contribution < -0.4 is 0 Å². The second-order valence-corrected chi connectivity index (χ2v) is 6.73. The van der Waals surface area contributed by atoms with Crippen LogP contribution in [0.3, 0.4) is 0 Å². The summed E-state index contributed by atoms with van der Waals surface area (Å²) in [5.41, 5.74) is 0.675. The highest BCUT2D eigenvalue weighted by molar-refractivity contribution is 5.82. The van der Waals surface area contributed by atoms with E-state index in [1.165, 1.54) is 19.4 Å². The van der Waals surface area contributed by atoms with Crippen LogP contribution in [0, 0.1) is 0 Å². The maximum Gasteiger partial charge on any atom is 0.256 e. The third-order valence-electron chi connectivity index (χ3n) is 5.09. The van der Waals surface area contributed by atoms with E-state index in [2.05, 4.69) is 16.8 Å². The molecule has 2 aliphatic heterocycles. The van der Waals surface area contributed by atoms with Crippen molar-refractivity contribution < 1.29 is 9.90 Å². The van der Waals surface area contributed by atoms with Crippen LogP contribution in [0.1, 0.15) is 24.5 Å². The quantitative estimate of drug-likeness (QED) is 0.902. The minimum Gasteiger partial charge on any atom is -0.378 e. The third kappa shape index (κ3) is 3.91. The zero-order valence-electron chi connectivity index (χ0n) is 13.9. The lowest BCUT2D eigenvalue weighted by atomic mass is 10.0. The Balaban J connectivity index is 1.53. The number of likely N-dealkylation sites (N-methyl/N-ethyl adjacent to an activating group) is 1. The maximum absolute atomic E-state index is 12.5. The molecule has 1 amide bonds. The summed E-state index contributed by atoms with van der Waals surface area (Å²) in [5.74, 6) is -0.170. The fourth-order valence-corrected chi connectivity index (χ4v) is 3.70. The number of piperazine rings is 1. The first kappa shape index (κ1) is 16.4. The monoisotopic (exact) mass is 317 g/mol. The van der Waals surface area contributed by atoms with Crippen LogP contribution in [0.15, 0.2) is 30.3 Å². The molecule has 0 aromatic heterocycles. The molecule has 2 fully saturated rings. The summed E-state index contributed by atoms with van der Waals surface area (Å²) in [6, 6.07) is 9.81. The zero-order valence-corrected chi connectivity index (χ0v) is 13.9. The number of carbonyl (C=O) groups is 1. The highest BCUT2D eigenvalue weighted by Crippen LogP contribution is 2.19. The standard InChI is InChI=1S/C18H27N3O2/c1-19-9-5-8-16(14-19)20-10-12-21(13-11-20)18(23)17(22)15-6-3-2-4-7-15/h2-4,6-7,16-17,22H,5,8-14H2,1H3. The molecule has 1 aromatic rings. The highest BCUT2D eigenvalue weighted by Gasteiger charge is 2.30. The zero-order chi connectivity index (χ0) is 16.2. The molecule has 23 heavy (non-hydrogen) atoms. The van der Waals surface area contributed by atoms with Gasteiger partial charge >= 0.3 is 0 Å². The highest BCUT2D eigenvalue weighted by atomic mass is 16.3. The average molecular weight is 317 g/mol. The lowest BCUT2D eigenvalue weighted by Crippen LogP contribution is -2.56. The number of aliphatic hydroxyl groups is 1. The van der Waals surface area contributed by atoms with E-state index in [0.717, 1.165) is 19.6 Å². The molecule has 5 nitrogen and oxygen atoms in total. The van der Waals surface area contributed by atoms with Crippen LogP contribution in [0.5, 0.6) is 0 Å². The van der Waals surface area contributed by atoms with Gasteiger partial charge in [0.25, 0.3) is 5.91 Å². The number of hydrogen-bond acceptors (Lipinski definition) is 4. The number of hydrogen-bond donors (Lipinski definition) is 1. The van der Waals surface area contributed by atoms with E-state index in [0.29, 0.717) is 24.7 Å². The summed E-state index contributed by atoms with van der Waals surface area (Å²) < 4.78 is 0.